The van der Waals surface area contributed by atoms with E-state index in [1.54, 1.807) is 0 Å². The number of rotatable bonds is 6. The number of nitrogens with one attached hydrogen (secondary N) is 1. The summed E-state index contributed by atoms with van der Waals surface area (Å²) in [6, 6.07) is 6.71. The van der Waals surface area contributed by atoms with Crippen molar-refractivity contribution in [3.63, 3.8) is 0 Å². The smallest absolute Gasteiger partial charge is 0.194 e. The van der Waals surface area contributed by atoms with Crippen LogP contribution in [-0.4, -0.2) is 63.3 Å². The lowest BCUT2D eigenvalue weighted by Gasteiger charge is -2.37. The normalized spacial score (nSPS) is 15.9. The van der Waals surface area contributed by atoms with Gasteiger partial charge in [0.1, 0.15) is 5.82 Å². The zero-order valence-corrected chi connectivity index (χ0v) is 14.1. The van der Waals surface area contributed by atoms with Crippen LogP contribution in [0.2, 0.25) is 0 Å². The fraction of sp³-hybridized carbons (Fsp3) is 0.588. The number of nitrogens with zero attached hydrogens (tertiary/aromatic N) is 3. The van der Waals surface area contributed by atoms with Crippen LogP contribution in [0, 0.1) is 5.82 Å². The zero-order valence-electron chi connectivity index (χ0n) is 14.1. The summed E-state index contributed by atoms with van der Waals surface area (Å²) < 4.78 is 18.4. The molecule has 1 aliphatic heterocycles. The van der Waals surface area contributed by atoms with Crippen LogP contribution < -0.4 is 10.2 Å². The van der Waals surface area contributed by atoms with Gasteiger partial charge in [0.25, 0.3) is 0 Å². The van der Waals surface area contributed by atoms with Crippen LogP contribution in [0.5, 0.6) is 0 Å². The second kappa shape index (κ2) is 9.35. The predicted molar refractivity (Wildman–Crippen MR) is 92.7 cm³/mol. The van der Waals surface area contributed by atoms with E-state index in [1.165, 1.54) is 12.1 Å². The van der Waals surface area contributed by atoms with Crippen molar-refractivity contribution >= 4 is 11.6 Å². The molecule has 0 radical (unpaired) electrons. The van der Waals surface area contributed by atoms with Crippen LogP contribution >= 0.6 is 0 Å². The Morgan fingerprint density at radius 3 is 2.48 bits per heavy atom. The average Bonchev–Trinajstić information content (AvgIpc) is 2.59. The maximum Gasteiger partial charge on any atom is 0.194 e. The van der Waals surface area contributed by atoms with Crippen molar-refractivity contribution < 1.29 is 9.13 Å². The summed E-state index contributed by atoms with van der Waals surface area (Å²) in [5, 5.41) is 3.34. The average molecular weight is 322 g/mol. The summed E-state index contributed by atoms with van der Waals surface area (Å²) in [5.41, 5.74) is 1.07. The van der Waals surface area contributed by atoms with Gasteiger partial charge in [0.05, 0.1) is 13.2 Å². The van der Waals surface area contributed by atoms with Crippen LogP contribution in [0.25, 0.3) is 0 Å². The van der Waals surface area contributed by atoms with Crippen molar-refractivity contribution in [3.8, 4) is 0 Å². The van der Waals surface area contributed by atoms with Gasteiger partial charge in [-0.2, -0.15) is 0 Å². The minimum absolute atomic E-state index is 0.191. The molecule has 5 nitrogen and oxygen atoms in total. The number of aliphatic imine (C=N–C) groups is 1. The van der Waals surface area contributed by atoms with E-state index in [1.807, 2.05) is 19.1 Å². The number of piperazine rings is 1. The number of guanidine groups is 1. The highest BCUT2D eigenvalue weighted by Crippen LogP contribution is 2.16. The molecule has 1 fully saturated rings. The number of halogens is 1. The SMILES string of the molecule is CCNC(=NCCOCC)N1CCN(c2ccc(F)cc2)CC1. The highest BCUT2D eigenvalue weighted by molar-refractivity contribution is 5.80. The Bertz CT molecular complexity index is 484. The molecule has 2 rings (SSSR count). The number of hydrogen-bond acceptors (Lipinski definition) is 3. The molecule has 1 aromatic rings. The first-order valence-corrected chi connectivity index (χ1v) is 8.36. The van der Waals surface area contributed by atoms with Crippen molar-refractivity contribution in [2.75, 3.05) is 57.4 Å². The topological polar surface area (TPSA) is 40.1 Å². The minimum atomic E-state index is -0.191. The summed E-state index contributed by atoms with van der Waals surface area (Å²) >= 11 is 0. The number of anilines is 1. The third kappa shape index (κ3) is 5.39. The van der Waals surface area contributed by atoms with Crippen molar-refractivity contribution in [2.45, 2.75) is 13.8 Å². The number of benzene rings is 1. The fourth-order valence-electron chi connectivity index (χ4n) is 2.61. The lowest BCUT2D eigenvalue weighted by Crippen LogP contribution is -2.52. The summed E-state index contributed by atoms with van der Waals surface area (Å²) in [5.74, 6) is 0.759. The fourth-order valence-corrected chi connectivity index (χ4v) is 2.61. The highest BCUT2D eigenvalue weighted by Gasteiger charge is 2.19. The molecular formula is C17H27FN4O. The minimum Gasteiger partial charge on any atom is -0.380 e. The van der Waals surface area contributed by atoms with Crippen molar-refractivity contribution in [1.29, 1.82) is 0 Å². The third-order valence-corrected chi connectivity index (χ3v) is 3.81. The predicted octanol–water partition coefficient (Wildman–Crippen LogP) is 1.95. The molecule has 0 spiro atoms. The molecule has 0 bridgehead atoms. The van der Waals surface area contributed by atoms with Crippen LogP contribution in [0.4, 0.5) is 10.1 Å². The molecular weight excluding hydrogens is 295 g/mol. The maximum atomic E-state index is 13.0. The molecule has 6 heteroatoms. The second-order valence-corrected chi connectivity index (χ2v) is 5.38. The second-order valence-electron chi connectivity index (χ2n) is 5.38. The van der Waals surface area contributed by atoms with Crippen molar-refractivity contribution in [1.82, 2.24) is 10.2 Å². The molecule has 1 saturated heterocycles. The first-order chi connectivity index (χ1) is 11.2. The molecule has 0 aliphatic carbocycles. The van der Waals surface area contributed by atoms with Crippen LogP contribution in [0.3, 0.4) is 0 Å². The van der Waals surface area contributed by atoms with E-state index in [9.17, 15) is 4.39 Å². The van der Waals surface area contributed by atoms with E-state index >= 15 is 0 Å². The standard InChI is InChI=1S/C17H27FN4O/c1-3-19-17(20-9-14-23-4-2)22-12-10-21(11-13-22)16-7-5-15(18)6-8-16/h5-8H,3-4,9-14H2,1-2H3,(H,19,20). The lowest BCUT2D eigenvalue weighted by molar-refractivity contribution is 0.155. The largest absolute Gasteiger partial charge is 0.380 e. The Hall–Kier alpha value is -1.82. The molecule has 23 heavy (non-hydrogen) atoms. The Labute approximate surface area is 138 Å². The molecule has 0 unspecified atom stereocenters. The van der Waals surface area contributed by atoms with Crippen LogP contribution in [-0.2, 0) is 4.74 Å². The van der Waals surface area contributed by atoms with E-state index in [0.29, 0.717) is 13.2 Å². The third-order valence-electron chi connectivity index (χ3n) is 3.81. The maximum absolute atomic E-state index is 13.0. The molecule has 128 valence electrons. The Morgan fingerprint density at radius 1 is 1.17 bits per heavy atom. The molecule has 1 heterocycles. The van der Waals surface area contributed by atoms with Crippen LogP contribution in [0.1, 0.15) is 13.8 Å². The highest BCUT2D eigenvalue weighted by atomic mass is 19.1. The molecule has 1 N–H and O–H groups in total. The zero-order chi connectivity index (χ0) is 16.5. The van der Waals surface area contributed by atoms with Gasteiger partial charge in [-0.05, 0) is 38.1 Å². The van der Waals surface area contributed by atoms with E-state index in [4.69, 9.17) is 4.74 Å². The molecule has 1 aliphatic rings. The summed E-state index contributed by atoms with van der Waals surface area (Å²) in [6.07, 6.45) is 0. The van der Waals surface area contributed by atoms with Gasteiger partial charge in [0.15, 0.2) is 5.96 Å². The van der Waals surface area contributed by atoms with Crippen molar-refractivity contribution in [2.24, 2.45) is 4.99 Å². The quantitative estimate of drug-likeness (QED) is 0.494. The Kier molecular flexibility index (Phi) is 7.13. The first-order valence-electron chi connectivity index (χ1n) is 8.36. The Balaban J connectivity index is 1.88. The molecule has 0 saturated carbocycles. The first kappa shape index (κ1) is 17.5. The Morgan fingerprint density at radius 2 is 1.87 bits per heavy atom. The van der Waals surface area contributed by atoms with Crippen LogP contribution in [0.15, 0.2) is 29.3 Å². The number of hydrogen-bond donors (Lipinski definition) is 1. The summed E-state index contributed by atoms with van der Waals surface area (Å²) in [6.45, 7) is 10.6. The van der Waals surface area contributed by atoms with Gasteiger partial charge in [0, 0.05) is 45.0 Å². The van der Waals surface area contributed by atoms with Gasteiger partial charge in [-0.15, -0.1) is 0 Å². The van der Waals surface area contributed by atoms with Gasteiger partial charge in [-0.1, -0.05) is 0 Å². The summed E-state index contributed by atoms with van der Waals surface area (Å²) in [4.78, 5) is 9.17. The van der Waals surface area contributed by atoms with Gasteiger partial charge >= 0.3 is 0 Å². The lowest BCUT2D eigenvalue weighted by atomic mass is 10.2. The monoisotopic (exact) mass is 322 g/mol. The van der Waals surface area contributed by atoms with Gasteiger partial charge in [0.2, 0.25) is 0 Å². The van der Waals surface area contributed by atoms with Gasteiger partial charge in [-0.3, -0.25) is 4.99 Å². The van der Waals surface area contributed by atoms with E-state index < -0.39 is 0 Å². The van der Waals surface area contributed by atoms with E-state index in [0.717, 1.165) is 51.0 Å². The molecule has 0 aromatic heterocycles. The molecule has 0 amide bonds. The van der Waals surface area contributed by atoms with Gasteiger partial charge in [-0.25, -0.2) is 4.39 Å². The molecule has 0 atom stereocenters. The van der Waals surface area contributed by atoms with Gasteiger partial charge < -0.3 is 19.9 Å². The summed E-state index contributed by atoms with van der Waals surface area (Å²) in [7, 11) is 0. The van der Waals surface area contributed by atoms with E-state index in [2.05, 4.69) is 27.0 Å². The molecule has 1 aromatic carbocycles. The van der Waals surface area contributed by atoms with Crippen molar-refractivity contribution in [3.05, 3.63) is 30.1 Å². The van der Waals surface area contributed by atoms with E-state index in [-0.39, 0.29) is 5.82 Å². The number of ether oxygens (including phenoxy) is 1.